The summed E-state index contributed by atoms with van der Waals surface area (Å²) in [6.45, 7) is 0. The molecular weight excluding hydrogens is 1230 g/mol. The molecule has 30 heteroatoms. The molecule has 0 spiro atoms. The van der Waals surface area contributed by atoms with Gasteiger partial charge in [0.2, 0.25) is 0 Å². The van der Waals surface area contributed by atoms with Crippen LogP contribution in [0.25, 0.3) is 0 Å². The molecule has 0 aliphatic carbocycles. The maximum Gasteiger partial charge on any atom is 0.416 e. The van der Waals surface area contributed by atoms with Crippen LogP contribution < -0.4 is 43.7 Å². The largest absolute Gasteiger partial charge is 0.416 e. The highest BCUT2D eigenvalue weighted by Crippen LogP contribution is 2.41. The van der Waals surface area contributed by atoms with Crippen LogP contribution >= 0.6 is 0 Å². The van der Waals surface area contributed by atoms with E-state index in [4.69, 9.17) is 0 Å². The molecule has 0 atom stereocenters. The summed E-state index contributed by atoms with van der Waals surface area (Å²) < 4.78 is 402. The van der Waals surface area contributed by atoms with E-state index in [-0.39, 0.29) is 21.9 Å². The third-order valence-corrected chi connectivity index (χ3v) is 13.9. The quantitative estimate of drug-likeness (QED) is 0.105. The Morgan fingerprint density at radius 1 is 0.186 bits per heavy atom. The zero-order valence-electron chi connectivity index (χ0n) is 41.9. The van der Waals surface area contributed by atoms with Crippen molar-refractivity contribution in [2.75, 3.05) is 0 Å². The molecule has 8 rings (SSSR count). The monoisotopic (exact) mass is 1250 g/mol. The van der Waals surface area contributed by atoms with E-state index >= 15 is 17.6 Å². The zero-order chi connectivity index (χ0) is 64.3. The van der Waals surface area contributed by atoms with Crippen molar-refractivity contribution in [3.05, 3.63) is 238 Å². The number of benzene rings is 8. The van der Waals surface area contributed by atoms with Crippen molar-refractivity contribution in [1.82, 2.24) is 0 Å². The van der Waals surface area contributed by atoms with E-state index in [9.17, 15) is 105 Å². The van der Waals surface area contributed by atoms with Gasteiger partial charge in [0.15, 0.2) is 0 Å². The number of hydrogen-bond acceptors (Lipinski definition) is 0. The molecule has 0 amide bonds. The molecule has 0 unspecified atom stereocenters. The standard InChI is InChI=1S/C32H12BF24.C24H16BF4/c34-25(35,36)13-1-14(26(37,38)39)6-21(5-13)33(22-7-15(27(40,41)42)2-16(8-22)28(43,44)45,23-9-17(29(46,47)48)3-18(10-23)30(49,50)51)24-11-19(31(52,53)54)4-20(12-24)32(55,56)57;26-21-13-5-1-9-17(21)25(18-10-2-6-14-22(18)27,19-11-3-7-15-23(19)28)20-12-4-8-16-24(20)29/h1-12H;1-16H/q2*-1. The van der Waals surface area contributed by atoms with E-state index in [2.05, 4.69) is 0 Å². The van der Waals surface area contributed by atoms with Crippen molar-refractivity contribution in [3.63, 3.8) is 0 Å². The van der Waals surface area contributed by atoms with Crippen LogP contribution in [0.1, 0.15) is 44.5 Å². The lowest BCUT2D eigenvalue weighted by atomic mass is 9.12. The van der Waals surface area contributed by atoms with Gasteiger partial charge >= 0.3 is 49.4 Å². The van der Waals surface area contributed by atoms with Crippen molar-refractivity contribution in [2.24, 2.45) is 0 Å². The second kappa shape index (κ2) is 22.7. The summed E-state index contributed by atoms with van der Waals surface area (Å²) in [6.07, 6.45) is -57.6. The second-order valence-electron chi connectivity index (χ2n) is 19.2. The Balaban J connectivity index is 0.000000302. The minimum absolute atomic E-state index is 0.0211. The van der Waals surface area contributed by atoms with Gasteiger partial charge in [-0.2, -0.15) is 149 Å². The van der Waals surface area contributed by atoms with Gasteiger partial charge in [0, 0.05) is 0 Å². The highest BCUT2D eigenvalue weighted by molar-refractivity contribution is 7.20. The van der Waals surface area contributed by atoms with Crippen LogP contribution in [0, 0.1) is 23.3 Å². The number of halogens is 28. The SMILES string of the molecule is FC(F)(F)c1cc([B-](c2cc(C(F)(F)F)cc(C(F)(F)F)c2)(c2cc(C(F)(F)F)cc(C(F)(F)F)c2)c2cc(C(F)(F)F)cc(C(F)(F)F)c2)cc(C(F)(F)F)c1.Fc1ccccc1[B-](c1ccccc1F)(c1ccccc1F)c1ccccc1F. The smallest absolute Gasteiger partial charge is 0.210 e. The van der Waals surface area contributed by atoms with Crippen LogP contribution in [-0.2, 0) is 49.4 Å². The maximum absolute atomic E-state index is 15.2. The van der Waals surface area contributed by atoms with E-state index in [0.717, 1.165) is 0 Å². The molecule has 0 aliphatic rings. The van der Waals surface area contributed by atoms with Crippen molar-refractivity contribution in [2.45, 2.75) is 49.4 Å². The van der Waals surface area contributed by atoms with Gasteiger partial charge in [0.05, 0.1) is 67.8 Å². The predicted molar refractivity (Wildman–Crippen MR) is 260 cm³/mol. The van der Waals surface area contributed by atoms with Crippen molar-refractivity contribution < 1.29 is 123 Å². The Bertz CT molecular complexity index is 3160. The van der Waals surface area contributed by atoms with Gasteiger partial charge < -0.3 is 0 Å². The highest BCUT2D eigenvalue weighted by Gasteiger charge is 2.48. The Morgan fingerprint density at radius 2 is 0.326 bits per heavy atom. The topological polar surface area (TPSA) is 0 Å². The Morgan fingerprint density at radius 3 is 0.453 bits per heavy atom. The van der Waals surface area contributed by atoms with Crippen LogP contribution in [0.3, 0.4) is 0 Å². The summed E-state index contributed by atoms with van der Waals surface area (Å²) in [6, 6.07) is 14.2. The summed E-state index contributed by atoms with van der Waals surface area (Å²) in [5.41, 5.74) is -30.1. The van der Waals surface area contributed by atoms with Gasteiger partial charge in [0.25, 0.3) is 0 Å². The van der Waals surface area contributed by atoms with Crippen LogP contribution in [0.15, 0.2) is 170 Å². The summed E-state index contributed by atoms with van der Waals surface area (Å²) in [7, 11) is 0. The predicted octanol–water partition coefficient (Wildman–Crippen LogP) is 14.8. The first-order valence-electron chi connectivity index (χ1n) is 23.8. The molecule has 8 aromatic carbocycles. The van der Waals surface area contributed by atoms with Gasteiger partial charge in [-0.15, -0.1) is 0 Å². The average Bonchev–Trinajstić information content (AvgIpc) is 0.829. The summed E-state index contributed by atoms with van der Waals surface area (Å²) in [4.78, 5) is 0. The number of rotatable bonds is 8. The lowest BCUT2D eigenvalue weighted by molar-refractivity contribution is -0.144. The fraction of sp³-hybridized carbons (Fsp3) is 0.143. The Labute approximate surface area is 465 Å². The molecule has 0 N–H and O–H groups in total. The average molecular weight is 1250 g/mol. The molecule has 456 valence electrons. The number of alkyl halides is 24. The summed E-state index contributed by atoms with van der Waals surface area (Å²) >= 11 is 0. The third kappa shape index (κ3) is 13.2. The lowest BCUT2D eigenvalue weighted by Crippen LogP contribution is -2.77. The molecule has 86 heavy (non-hydrogen) atoms. The van der Waals surface area contributed by atoms with Gasteiger partial charge in [-0.3, -0.25) is 0 Å². The van der Waals surface area contributed by atoms with Gasteiger partial charge in [0.1, 0.15) is 12.3 Å². The Hall–Kier alpha value is -8.07. The number of hydrogen-bond donors (Lipinski definition) is 0. The van der Waals surface area contributed by atoms with Crippen LogP contribution in [0.2, 0.25) is 0 Å². The molecule has 0 heterocycles. The maximum atomic E-state index is 15.2. The van der Waals surface area contributed by atoms with E-state index in [1.54, 1.807) is 24.3 Å². The molecule has 0 aliphatic heterocycles. The molecule has 0 saturated heterocycles. The van der Waals surface area contributed by atoms with E-state index in [1.807, 2.05) is 0 Å². The zero-order valence-corrected chi connectivity index (χ0v) is 41.9. The van der Waals surface area contributed by atoms with Crippen molar-refractivity contribution >= 4 is 56.0 Å². The second-order valence-corrected chi connectivity index (χ2v) is 19.2. The normalized spacial score (nSPS) is 13.3. The van der Waals surface area contributed by atoms with Crippen molar-refractivity contribution in [1.29, 1.82) is 0 Å². The fourth-order valence-corrected chi connectivity index (χ4v) is 10.4. The van der Waals surface area contributed by atoms with Crippen molar-refractivity contribution in [3.8, 4) is 0 Å². The summed E-state index contributed by atoms with van der Waals surface area (Å²) in [5.74, 6) is -2.66. The van der Waals surface area contributed by atoms with Gasteiger partial charge in [-0.25, -0.2) is 17.6 Å². The molecule has 0 nitrogen and oxygen atoms in total. The molecule has 0 bridgehead atoms. The van der Waals surface area contributed by atoms with E-state index < -0.39 is 224 Å². The molecule has 8 aromatic rings. The van der Waals surface area contributed by atoms with Gasteiger partial charge in [-0.05, 0) is 48.5 Å². The van der Waals surface area contributed by atoms with Gasteiger partial charge in [-0.1, -0.05) is 121 Å². The summed E-state index contributed by atoms with van der Waals surface area (Å²) in [5, 5.41) is 0. The first-order valence-corrected chi connectivity index (χ1v) is 23.8. The first-order chi connectivity index (χ1) is 39.3. The minimum atomic E-state index is -6.13. The minimum Gasteiger partial charge on any atom is -0.210 e. The third-order valence-electron chi connectivity index (χ3n) is 13.9. The molecule has 0 aromatic heterocycles. The molecule has 0 radical (unpaired) electrons. The van der Waals surface area contributed by atoms with Crippen LogP contribution in [-0.4, -0.2) is 12.3 Å². The Kier molecular flexibility index (Phi) is 17.2. The molecular formula is C56H28B2F28-2. The first kappa shape index (κ1) is 65.5. The lowest BCUT2D eigenvalue weighted by Gasteiger charge is -2.46. The van der Waals surface area contributed by atoms with Crippen LogP contribution in [0.4, 0.5) is 123 Å². The molecule has 0 fully saturated rings. The van der Waals surface area contributed by atoms with E-state index in [0.29, 0.717) is 0 Å². The van der Waals surface area contributed by atoms with Crippen LogP contribution in [0.5, 0.6) is 0 Å². The fourth-order valence-electron chi connectivity index (χ4n) is 10.4. The molecule has 0 saturated carbocycles. The van der Waals surface area contributed by atoms with E-state index in [1.165, 1.54) is 72.8 Å². The highest BCUT2D eigenvalue weighted by atomic mass is 19.4.